The topological polar surface area (TPSA) is 59.9 Å². The number of benzene rings is 1. The lowest BCUT2D eigenvalue weighted by molar-refractivity contribution is 0.110. The van der Waals surface area contributed by atoms with E-state index in [-0.39, 0.29) is 6.10 Å². The van der Waals surface area contributed by atoms with Crippen LogP contribution >= 0.6 is 0 Å². The molecule has 1 atom stereocenters. The highest BCUT2D eigenvalue weighted by Gasteiger charge is 2.11. The van der Waals surface area contributed by atoms with E-state index in [1.165, 1.54) is 0 Å². The maximum atomic E-state index is 5.43. The van der Waals surface area contributed by atoms with Crippen molar-refractivity contribution in [1.82, 2.24) is 15.0 Å². The molecule has 5 heteroatoms. The molecule has 0 aliphatic carbocycles. The number of aromatic nitrogens is 3. The van der Waals surface area contributed by atoms with Gasteiger partial charge in [-0.2, -0.15) is 0 Å². The van der Waals surface area contributed by atoms with Crippen molar-refractivity contribution in [2.45, 2.75) is 19.4 Å². The van der Waals surface area contributed by atoms with E-state index >= 15 is 0 Å². The summed E-state index contributed by atoms with van der Waals surface area (Å²) in [6, 6.07) is 11.8. The average Bonchev–Trinajstić information content (AvgIpc) is 2.63. The first kappa shape index (κ1) is 15.4. The number of hydrogen-bond donors (Lipinski definition) is 1. The highest BCUT2D eigenvalue weighted by molar-refractivity contribution is 5.90. The van der Waals surface area contributed by atoms with Crippen LogP contribution in [0.1, 0.15) is 13.3 Å². The molecule has 23 heavy (non-hydrogen) atoms. The lowest BCUT2D eigenvalue weighted by atomic mass is 10.2. The van der Waals surface area contributed by atoms with E-state index in [2.05, 4.69) is 22.2 Å². The molecular weight excluding hydrogens is 288 g/mol. The third kappa shape index (κ3) is 3.46. The summed E-state index contributed by atoms with van der Waals surface area (Å²) in [5.41, 5.74) is 1.87. The predicted octanol–water partition coefficient (Wildman–Crippen LogP) is 3.53. The monoisotopic (exact) mass is 308 g/mol. The van der Waals surface area contributed by atoms with Crippen molar-refractivity contribution in [3.63, 3.8) is 0 Å². The summed E-state index contributed by atoms with van der Waals surface area (Å²) in [5.74, 6) is 1.52. The van der Waals surface area contributed by atoms with Crippen molar-refractivity contribution in [3.05, 3.63) is 48.8 Å². The van der Waals surface area contributed by atoms with Gasteiger partial charge < -0.3 is 10.1 Å². The van der Waals surface area contributed by atoms with Crippen LogP contribution in [-0.4, -0.2) is 34.7 Å². The van der Waals surface area contributed by atoms with E-state index in [9.17, 15) is 0 Å². The normalized spacial score (nSPS) is 12.3. The van der Waals surface area contributed by atoms with E-state index in [0.29, 0.717) is 12.4 Å². The molecule has 3 aromatic rings. The van der Waals surface area contributed by atoms with Crippen molar-refractivity contribution in [1.29, 1.82) is 0 Å². The molecule has 0 radical (unpaired) electrons. The number of ether oxygens (including phenoxy) is 1. The molecule has 0 saturated heterocycles. The Morgan fingerprint density at radius 3 is 2.61 bits per heavy atom. The van der Waals surface area contributed by atoms with Gasteiger partial charge in [-0.3, -0.25) is 4.98 Å². The molecule has 0 fully saturated rings. The van der Waals surface area contributed by atoms with Crippen molar-refractivity contribution in [2.75, 3.05) is 19.0 Å². The van der Waals surface area contributed by atoms with E-state index < -0.39 is 0 Å². The van der Waals surface area contributed by atoms with Crippen LogP contribution < -0.4 is 5.32 Å². The minimum atomic E-state index is 0.160. The fraction of sp³-hybridized carbons (Fsp3) is 0.278. The van der Waals surface area contributed by atoms with Crippen LogP contribution in [0.5, 0.6) is 0 Å². The van der Waals surface area contributed by atoms with Gasteiger partial charge in [0.2, 0.25) is 0 Å². The van der Waals surface area contributed by atoms with Crippen molar-refractivity contribution in [3.8, 4) is 11.4 Å². The zero-order valence-corrected chi connectivity index (χ0v) is 13.4. The quantitative estimate of drug-likeness (QED) is 0.755. The van der Waals surface area contributed by atoms with Gasteiger partial charge in [-0.1, -0.05) is 19.1 Å². The van der Waals surface area contributed by atoms with Gasteiger partial charge in [-0.15, -0.1) is 0 Å². The maximum absolute atomic E-state index is 5.43. The third-order valence-electron chi connectivity index (χ3n) is 3.83. The molecule has 2 heterocycles. The Balaban J connectivity index is 2.01. The van der Waals surface area contributed by atoms with Crippen LogP contribution in [0.4, 0.5) is 5.82 Å². The van der Waals surface area contributed by atoms with E-state index in [0.717, 1.165) is 28.7 Å². The van der Waals surface area contributed by atoms with E-state index in [4.69, 9.17) is 9.72 Å². The summed E-state index contributed by atoms with van der Waals surface area (Å²) in [5, 5.41) is 4.42. The first-order chi connectivity index (χ1) is 11.3. The molecule has 1 aromatic carbocycles. The minimum absolute atomic E-state index is 0.160. The Labute approximate surface area is 135 Å². The molecule has 3 rings (SSSR count). The largest absolute Gasteiger partial charge is 0.380 e. The number of rotatable bonds is 6. The SMILES string of the molecule is CCC(CNc1nc(-c2ccncc2)nc2ccccc12)OC. The summed E-state index contributed by atoms with van der Waals surface area (Å²) in [6.07, 6.45) is 4.61. The second-order valence-corrected chi connectivity index (χ2v) is 5.30. The first-order valence-electron chi connectivity index (χ1n) is 7.75. The van der Waals surface area contributed by atoms with Gasteiger partial charge >= 0.3 is 0 Å². The lowest BCUT2D eigenvalue weighted by Gasteiger charge is -2.16. The Bertz CT molecular complexity index is 772. The summed E-state index contributed by atoms with van der Waals surface area (Å²) < 4.78 is 5.43. The zero-order valence-electron chi connectivity index (χ0n) is 13.4. The second-order valence-electron chi connectivity index (χ2n) is 5.30. The standard InChI is InChI=1S/C18H20N4O/c1-3-14(23-2)12-20-18-15-6-4-5-7-16(15)21-17(22-18)13-8-10-19-11-9-13/h4-11,14H,3,12H2,1-2H3,(H,20,21,22). The molecular formula is C18H20N4O. The van der Waals surface area contributed by atoms with Crippen LogP contribution in [0.25, 0.3) is 22.3 Å². The van der Waals surface area contributed by atoms with Gasteiger partial charge in [0.1, 0.15) is 5.82 Å². The van der Waals surface area contributed by atoms with Crippen LogP contribution in [0.2, 0.25) is 0 Å². The van der Waals surface area contributed by atoms with Crippen LogP contribution in [0, 0.1) is 0 Å². The summed E-state index contributed by atoms with van der Waals surface area (Å²) >= 11 is 0. The van der Waals surface area contributed by atoms with Gasteiger partial charge in [0.05, 0.1) is 11.6 Å². The highest BCUT2D eigenvalue weighted by Crippen LogP contribution is 2.24. The second kappa shape index (κ2) is 7.15. The van der Waals surface area contributed by atoms with Gasteiger partial charge in [-0.05, 0) is 30.7 Å². The predicted molar refractivity (Wildman–Crippen MR) is 92.3 cm³/mol. The number of para-hydroxylation sites is 1. The minimum Gasteiger partial charge on any atom is -0.380 e. The number of nitrogens with zero attached hydrogens (tertiary/aromatic N) is 3. The Morgan fingerprint density at radius 1 is 1.09 bits per heavy atom. The molecule has 118 valence electrons. The smallest absolute Gasteiger partial charge is 0.162 e. The van der Waals surface area contributed by atoms with Gasteiger partial charge in [-0.25, -0.2) is 9.97 Å². The van der Waals surface area contributed by atoms with Crippen molar-refractivity contribution in [2.24, 2.45) is 0 Å². The molecule has 0 spiro atoms. The van der Waals surface area contributed by atoms with Gasteiger partial charge in [0.25, 0.3) is 0 Å². The zero-order chi connectivity index (χ0) is 16.1. The number of hydrogen-bond acceptors (Lipinski definition) is 5. The molecule has 0 aliphatic rings. The Kier molecular flexibility index (Phi) is 4.78. The number of methoxy groups -OCH3 is 1. The summed E-state index contributed by atoms with van der Waals surface area (Å²) in [4.78, 5) is 13.4. The van der Waals surface area contributed by atoms with E-state index in [1.54, 1.807) is 19.5 Å². The number of nitrogens with one attached hydrogen (secondary N) is 1. The van der Waals surface area contributed by atoms with Crippen LogP contribution in [0.3, 0.4) is 0 Å². The lowest BCUT2D eigenvalue weighted by Crippen LogP contribution is -2.21. The maximum Gasteiger partial charge on any atom is 0.162 e. The fourth-order valence-electron chi connectivity index (χ4n) is 2.45. The van der Waals surface area contributed by atoms with E-state index in [1.807, 2.05) is 36.4 Å². The first-order valence-corrected chi connectivity index (χ1v) is 7.75. The van der Waals surface area contributed by atoms with Gasteiger partial charge in [0, 0.05) is 37.0 Å². The Morgan fingerprint density at radius 2 is 1.87 bits per heavy atom. The van der Waals surface area contributed by atoms with Crippen LogP contribution in [0.15, 0.2) is 48.8 Å². The average molecular weight is 308 g/mol. The molecule has 0 bridgehead atoms. The number of anilines is 1. The molecule has 1 unspecified atom stereocenters. The van der Waals surface area contributed by atoms with Gasteiger partial charge in [0.15, 0.2) is 5.82 Å². The molecule has 5 nitrogen and oxygen atoms in total. The Hall–Kier alpha value is -2.53. The molecule has 0 aliphatic heterocycles. The number of pyridine rings is 1. The molecule has 0 amide bonds. The third-order valence-corrected chi connectivity index (χ3v) is 3.83. The molecule has 1 N–H and O–H groups in total. The molecule has 2 aromatic heterocycles. The molecule has 0 saturated carbocycles. The number of fused-ring (bicyclic) bond motifs is 1. The summed E-state index contributed by atoms with van der Waals surface area (Å²) in [6.45, 7) is 2.82. The van der Waals surface area contributed by atoms with Crippen molar-refractivity contribution < 1.29 is 4.74 Å². The summed E-state index contributed by atoms with van der Waals surface area (Å²) in [7, 11) is 1.73. The highest BCUT2D eigenvalue weighted by atomic mass is 16.5. The van der Waals surface area contributed by atoms with Crippen molar-refractivity contribution >= 4 is 16.7 Å². The fourth-order valence-corrected chi connectivity index (χ4v) is 2.45. The van der Waals surface area contributed by atoms with Crippen LogP contribution in [-0.2, 0) is 4.74 Å².